The van der Waals surface area contributed by atoms with E-state index in [9.17, 15) is 9.18 Å². The Kier molecular flexibility index (Phi) is 4.12. The maximum Gasteiger partial charge on any atom is 0.240 e. The Morgan fingerprint density at radius 1 is 1.40 bits per heavy atom. The summed E-state index contributed by atoms with van der Waals surface area (Å²) in [6, 6.07) is 4.04. The van der Waals surface area contributed by atoms with Crippen LogP contribution in [0.1, 0.15) is 11.9 Å². The molecule has 0 aliphatic carbocycles. The second-order valence-corrected chi connectivity index (χ2v) is 2.71. The van der Waals surface area contributed by atoms with Crippen LogP contribution in [-0.2, 0) is 14.3 Å². The Hall–Kier alpha value is -1.55. The van der Waals surface area contributed by atoms with Crippen LogP contribution in [0.15, 0.2) is 23.2 Å². The van der Waals surface area contributed by atoms with Gasteiger partial charge in [-0.3, -0.25) is 0 Å². The van der Waals surface area contributed by atoms with Gasteiger partial charge in [-0.05, 0) is 12.1 Å². The molecule has 0 aliphatic heterocycles. The Morgan fingerprint density at radius 2 is 2.07 bits per heavy atom. The van der Waals surface area contributed by atoms with E-state index in [1.165, 1.54) is 32.4 Å². The number of hydrogen-bond donors (Lipinski definition) is 0. The minimum absolute atomic E-state index is 0.206. The van der Waals surface area contributed by atoms with Crippen LogP contribution in [0.2, 0.25) is 0 Å². The molecule has 0 saturated heterocycles. The highest BCUT2D eigenvalue weighted by atomic mass is 19.1. The molecule has 0 unspecified atom stereocenters. The molecule has 0 fully saturated rings. The molecule has 1 rings (SSSR count). The van der Waals surface area contributed by atoms with Gasteiger partial charge in [0.05, 0.1) is 5.69 Å². The first-order valence-electron chi connectivity index (χ1n) is 4.15. The first-order valence-corrected chi connectivity index (χ1v) is 4.15. The molecule has 0 aliphatic rings. The van der Waals surface area contributed by atoms with E-state index in [2.05, 4.69) is 4.99 Å². The maximum absolute atomic E-state index is 13.4. The Bertz CT molecular complexity index is 384. The number of benzene rings is 1. The van der Waals surface area contributed by atoms with Gasteiger partial charge in [0, 0.05) is 25.8 Å². The van der Waals surface area contributed by atoms with Gasteiger partial charge in [-0.25, -0.2) is 9.18 Å². The fourth-order valence-corrected chi connectivity index (χ4v) is 1.18. The summed E-state index contributed by atoms with van der Waals surface area (Å²) in [4.78, 5) is 13.2. The van der Waals surface area contributed by atoms with Gasteiger partial charge in [0.25, 0.3) is 0 Å². The van der Waals surface area contributed by atoms with Crippen molar-refractivity contribution in [2.75, 3.05) is 14.2 Å². The van der Waals surface area contributed by atoms with E-state index >= 15 is 0 Å². The summed E-state index contributed by atoms with van der Waals surface area (Å²) in [6.07, 6.45) is 0.569. The quantitative estimate of drug-likeness (QED) is 0.435. The molecule has 0 saturated carbocycles. The lowest BCUT2D eigenvalue weighted by atomic mass is 10.2. The third-order valence-electron chi connectivity index (χ3n) is 1.84. The Balaban J connectivity index is 3.06. The van der Waals surface area contributed by atoms with Crippen molar-refractivity contribution in [2.24, 2.45) is 4.99 Å². The van der Waals surface area contributed by atoms with Crippen molar-refractivity contribution in [2.45, 2.75) is 6.29 Å². The molecule has 1 aromatic rings. The third-order valence-corrected chi connectivity index (χ3v) is 1.84. The zero-order valence-electron chi connectivity index (χ0n) is 8.36. The van der Waals surface area contributed by atoms with Crippen molar-refractivity contribution < 1.29 is 18.7 Å². The molecule has 0 atom stereocenters. The van der Waals surface area contributed by atoms with Gasteiger partial charge >= 0.3 is 0 Å². The lowest BCUT2D eigenvalue weighted by Crippen LogP contribution is -2.05. The second-order valence-electron chi connectivity index (χ2n) is 2.71. The van der Waals surface area contributed by atoms with Gasteiger partial charge in [-0.1, -0.05) is 0 Å². The van der Waals surface area contributed by atoms with E-state index in [-0.39, 0.29) is 11.3 Å². The summed E-state index contributed by atoms with van der Waals surface area (Å²) in [7, 11) is 2.82. The average Bonchev–Trinajstić information content (AvgIpc) is 2.23. The van der Waals surface area contributed by atoms with Crippen molar-refractivity contribution >= 4 is 11.8 Å². The molecule has 15 heavy (non-hydrogen) atoms. The molecule has 0 bridgehead atoms. The molecule has 5 heteroatoms. The highest BCUT2D eigenvalue weighted by Gasteiger charge is 2.14. The summed E-state index contributed by atoms with van der Waals surface area (Å²) >= 11 is 0. The van der Waals surface area contributed by atoms with Crippen molar-refractivity contribution in [3.63, 3.8) is 0 Å². The molecule has 0 spiro atoms. The van der Waals surface area contributed by atoms with E-state index in [0.29, 0.717) is 0 Å². The number of halogens is 1. The molecule has 0 heterocycles. The van der Waals surface area contributed by atoms with Crippen LogP contribution in [0.5, 0.6) is 0 Å². The van der Waals surface area contributed by atoms with E-state index in [4.69, 9.17) is 9.47 Å². The molecule has 0 amide bonds. The minimum Gasteiger partial charge on any atom is -0.352 e. The van der Waals surface area contributed by atoms with Crippen LogP contribution in [0.25, 0.3) is 0 Å². The van der Waals surface area contributed by atoms with Gasteiger partial charge in [0.1, 0.15) is 5.82 Å². The van der Waals surface area contributed by atoms with Crippen LogP contribution in [0.4, 0.5) is 10.1 Å². The van der Waals surface area contributed by atoms with Crippen molar-refractivity contribution in [3.8, 4) is 0 Å². The van der Waals surface area contributed by atoms with E-state index < -0.39 is 12.1 Å². The maximum atomic E-state index is 13.4. The molecule has 4 nitrogen and oxygen atoms in total. The largest absolute Gasteiger partial charge is 0.352 e. The second kappa shape index (κ2) is 5.36. The van der Waals surface area contributed by atoms with Crippen LogP contribution in [0.3, 0.4) is 0 Å². The molecule has 1 aromatic carbocycles. The predicted molar refractivity (Wildman–Crippen MR) is 50.9 cm³/mol. The first kappa shape index (κ1) is 11.5. The third kappa shape index (κ3) is 2.70. The molecular weight excluding hydrogens is 201 g/mol. The number of nitrogens with zero attached hydrogens (tertiary/aromatic N) is 1. The van der Waals surface area contributed by atoms with Gasteiger partial charge < -0.3 is 9.47 Å². The summed E-state index contributed by atoms with van der Waals surface area (Å²) < 4.78 is 23.2. The SMILES string of the molecule is COC(OC)c1ccc(N=C=O)cc1F. The molecular formula is C10H10FNO3. The Morgan fingerprint density at radius 3 is 2.53 bits per heavy atom. The number of hydrogen-bond acceptors (Lipinski definition) is 4. The zero-order chi connectivity index (χ0) is 11.3. The van der Waals surface area contributed by atoms with Crippen LogP contribution >= 0.6 is 0 Å². The zero-order valence-corrected chi connectivity index (χ0v) is 8.36. The first-order chi connectivity index (χ1) is 7.22. The minimum atomic E-state index is -0.765. The smallest absolute Gasteiger partial charge is 0.240 e. The lowest BCUT2D eigenvalue weighted by Gasteiger charge is -2.14. The van der Waals surface area contributed by atoms with Gasteiger partial charge in [0.2, 0.25) is 6.08 Å². The topological polar surface area (TPSA) is 47.9 Å². The van der Waals surface area contributed by atoms with E-state index in [1.54, 1.807) is 0 Å². The molecule has 80 valence electrons. The normalized spacial score (nSPS) is 10.1. The number of carbonyl (C=O) groups excluding carboxylic acids is 1. The summed E-state index contributed by atoms with van der Waals surface area (Å²) in [5.41, 5.74) is 0.460. The summed E-state index contributed by atoms with van der Waals surface area (Å²) in [5.74, 6) is -0.541. The molecule has 0 aromatic heterocycles. The molecule has 0 radical (unpaired) electrons. The predicted octanol–water partition coefficient (Wildman–Crippen LogP) is 2.08. The monoisotopic (exact) mass is 211 g/mol. The number of isocyanates is 1. The average molecular weight is 211 g/mol. The number of ether oxygens (including phenoxy) is 2. The lowest BCUT2D eigenvalue weighted by molar-refractivity contribution is -0.107. The highest BCUT2D eigenvalue weighted by Crippen LogP contribution is 2.24. The number of methoxy groups -OCH3 is 2. The van der Waals surface area contributed by atoms with Gasteiger partial charge in [-0.15, -0.1) is 0 Å². The Labute approximate surface area is 86.3 Å². The van der Waals surface area contributed by atoms with Gasteiger partial charge in [0.15, 0.2) is 6.29 Å². The summed E-state index contributed by atoms with van der Waals surface area (Å²) in [6.45, 7) is 0. The van der Waals surface area contributed by atoms with E-state index in [1.807, 2.05) is 0 Å². The summed E-state index contributed by atoms with van der Waals surface area (Å²) in [5, 5.41) is 0. The molecule has 0 N–H and O–H groups in total. The number of rotatable bonds is 4. The van der Waals surface area contributed by atoms with Crippen molar-refractivity contribution in [1.29, 1.82) is 0 Å². The fraction of sp³-hybridized carbons (Fsp3) is 0.300. The highest BCUT2D eigenvalue weighted by molar-refractivity contribution is 5.49. The van der Waals surface area contributed by atoms with Crippen molar-refractivity contribution in [3.05, 3.63) is 29.6 Å². The van der Waals surface area contributed by atoms with E-state index in [0.717, 1.165) is 6.07 Å². The fourth-order valence-electron chi connectivity index (χ4n) is 1.18. The standard InChI is InChI=1S/C10H10FNO3/c1-14-10(15-2)8-4-3-7(12-6-13)5-9(8)11/h3-5,10H,1-2H3. The van der Waals surface area contributed by atoms with Crippen LogP contribution in [-0.4, -0.2) is 20.3 Å². The van der Waals surface area contributed by atoms with Crippen LogP contribution in [0, 0.1) is 5.82 Å². The number of aliphatic imine (C=N–C) groups is 1. The van der Waals surface area contributed by atoms with Crippen molar-refractivity contribution in [1.82, 2.24) is 0 Å². The van der Waals surface area contributed by atoms with Gasteiger partial charge in [-0.2, -0.15) is 4.99 Å². The van der Waals surface area contributed by atoms with Crippen LogP contribution < -0.4 is 0 Å².